The first-order chi connectivity index (χ1) is 13.1. The normalized spacial score (nSPS) is 20.0. The van der Waals surface area contributed by atoms with Gasteiger partial charge < -0.3 is 19.4 Å². The number of ether oxygens (including phenoxy) is 1. The van der Waals surface area contributed by atoms with Crippen LogP contribution in [0.4, 0.5) is 0 Å². The van der Waals surface area contributed by atoms with Gasteiger partial charge in [-0.3, -0.25) is 9.69 Å². The summed E-state index contributed by atoms with van der Waals surface area (Å²) < 4.78 is 11.1. The molecule has 1 spiro atoms. The second-order valence-electron chi connectivity index (χ2n) is 7.52. The molecule has 1 amide bonds. The van der Waals surface area contributed by atoms with Gasteiger partial charge in [0.25, 0.3) is 5.91 Å². The van der Waals surface area contributed by atoms with E-state index in [1.165, 1.54) is 0 Å². The van der Waals surface area contributed by atoms with Crippen LogP contribution in [-0.4, -0.2) is 68.1 Å². The first kappa shape index (κ1) is 18.1. The van der Waals surface area contributed by atoms with Gasteiger partial charge in [0.2, 0.25) is 0 Å². The largest absolute Gasteiger partial charge is 0.497 e. The first-order valence-electron chi connectivity index (χ1n) is 9.57. The Morgan fingerprint density at radius 3 is 2.56 bits per heavy atom. The smallest absolute Gasteiger partial charge is 0.289 e. The maximum Gasteiger partial charge on any atom is 0.289 e. The van der Waals surface area contributed by atoms with Gasteiger partial charge in [0.05, 0.1) is 7.11 Å². The molecule has 6 heteroatoms. The number of nitrogens with zero attached hydrogens (tertiary/aromatic N) is 2. The highest BCUT2D eigenvalue weighted by molar-refractivity contribution is 5.92. The maximum atomic E-state index is 13.1. The van der Waals surface area contributed by atoms with Gasteiger partial charge in [-0.2, -0.15) is 0 Å². The quantitative estimate of drug-likeness (QED) is 0.901. The Morgan fingerprint density at radius 1 is 1.11 bits per heavy atom. The van der Waals surface area contributed by atoms with Crippen molar-refractivity contribution in [1.82, 2.24) is 15.1 Å². The molecule has 2 aliphatic rings. The Labute approximate surface area is 160 Å². The summed E-state index contributed by atoms with van der Waals surface area (Å²) in [6.45, 7) is 4.42. The second-order valence-corrected chi connectivity index (χ2v) is 7.52. The van der Waals surface area contributed by atoms with E-state index >= 15 is 0 Å². The SMILES string of the molecule is COc1ccc(-c2ccc(C(=O)N3CCN(C)C4(CCNCC4)C3)o2)cc1. The molecule has 2 saturated heterocycles. The van der Waals surface area contributed by atoms with Crippen molar-refractivity contribution in [2.24, 2.45) is 0 Å². The van der Waals surface area contributed by atoms with Crippen molar-refractivity contribution in [2.75, 3.05) is 46.9 Å². The molecule has 1 aromatic carbocycles. The minimum absolute atomic E-state index is 0.0132. The van der Waals surface area contributed by atoms with Crippen LogP contribution in [0.5, 0.6) is 5.75 Å². The zero-order valence-corrected chi connectivity index (χ0v) is 16.0. The second kappa shape index (κ2) is 7.37. The minimum atomic E-state index is -0.0132. The lowest BCUT2D eigenvalue weighted by molar-refractivity contribution is -0.00222. The van der Waals surface area contributed by atoms with Crippen LogP contribution in [0.15, 0.2) is 40.8 Å². The summed E-state index contributed by atoms with van der Waals surface area (Å²) in [4.78, 5) is 17.4. The Kier molecular flexibility index (Phi) is 4.93. The number of likely N-dealkylation sites (N-methyl/N-ethyl adjacent to an activating group) is 1. The summed E-state index contributed by atoms with van der Waals surface area (Å²) in [5, 5.41) is 3.42. The van der Waals surface area contributed by atoms with E-state index in [9.17, 15) is 4.79 Å². The van der Waals surface area contributed by atoms with E-state index in [4.69, 9.17) is 9.15 Å². The van der Waals surface area contributed by atoms with Crippen molar-refractivity contribution in [3.8, 4) is 17.1 Å². The van der Waals surface area contributed by atoms with Crippen molar-refractivity contribution in [1.29, 1.82) is 0 Å². The van der Waals surface area contributed by atoms with Crippen molar-refractivity contribution >= 4 is 5.91 Å². The number of piperidine rings is 1. The Morgan fingerprint density at radius 2 is 1.85 bits per heavy atom. The standard InChI is InChI=1S/C21H27N3O3/c1-23-13-14-24(15-21(23)9-11-22-12-10-21)20(25)19-8-7-18(27-19)16-3-5-17(26-2)6-4-16/h3-8,22H,9-15H2,1-2H3. The van der Waals surface area contributed by atoms with Crippen molar-refractivity contribution in [3.63, 3.8) is 0 Å². The van der Waals surface area contributed by atoms with E-state index in [1.54, 1.807) is 13.2 Å². The monoisotopic (exact) mass is 369 g/mol. The third kappa shape index (κ3) is 3.47. The fraction of sp³-hybridized carbons (Fsp3) is 0.476. The van der Waals surface area contributed by atoms with Gasteiger partial charge in [-0.1, -0.05) is 0 Å². The highest BCUT2D eigenvalue weighted by Crippen LogP contribution is 2.31. The van der Waals surface area contributed by atoms with Crippen molar-refractivity contribution in [2.45, 2.75) is 18.4 Å². The summed E-state index contributed by atoms with van der Waals surface area (Å²) >= 11 is 0. The third-order valence-corrected chi connectivity index (χ3v) is 6.01. The molecule has 2 fully saturated rings. The number of carbonyl (C=O) groups is 1. The molecule has 0 unspecified atom stereocenters. The fourth-order valence-corrected chi connectivity index (χ4v) is 4.19. The van der Waals surface area contributed by atoms with E-state index in [0.29, 0.717) is 11.5 Å². The van der Waals surface area contributed by atoms with Crippen LogP contribution in [0, 0.1) is 0 Å². The van der Waals surface area contributed by atoms with E-state index in [-0.39, 0.29) is 11.4 Å². The van der Waals surface area contributed by atoms with Gasteiger partial charge in [-0.25, -0.2) is 0 Å². The third-order valence-electron chi connectivity index (χ3n) is 6.01. The summed E-state index contributed by atoms with van der Waals surface area (Å²) in [5.74, 6) is 1.90. The maximum absolute atomic E-state index is 13.1. The van der Waals surface area contributed by atoms with Crippen LogP contribution in [0.1, 0.15) is 23.4 Å². The Bertz CT molecular complexity index is 793. The molecule has 0 atom stereocenters. The number of hydrogen-bond donors (Lipinski definition) is 1. The molecule has 2 aromatic rings. The molecular formula is C21H27N3O3. The molecule has 0 saturated carbocycles. The van der Waals surface area contributed by atoms with Crippen LogP contribution >= 0.6 is 0 Å². The van der Waals surface area contributed by atoms with Crippen LogP contribution < -0.4 is 10.1 Å². The summed E-state index contributed by atoms with van der Waals surface area (Å²) in [7, 11) is 3.83. The molecule has 0 bridgehead atoms. The Balaban J connectivity index is 1.50. The zero-order chi connectivity index (χ0) is 18.9. The van der Waals surface area contributed by atoms with Gasteiger partial charge >= 0.3 is 0 Å². The van der Waals surface area contributed by atoms with Crippen LogP contribution in [0.25, 0.3) is 11.3 Å². The molecule has 3 heterocycles. The number of piperazine rings is 1. The summed E-state index contributed by atoms with van der Waals surface area (Å²) in [5.41, 5.74) is 1.02. The summed E-state index contributed by atoms with van der Waals surface area (Å²) in [6, 6.07) is 11.3. The number of amides is 1. The molecule has 144 valence electrons. The zero-order valence-electron chi connectivity index (χ0n) is 16.0. The van der Waals surface area contributed by atoms with E-state index in [2.05, 4.69) is 17.3 Å². The molecule has 6 nitrogen and oxygen atoms in total. The number of methoxy groups -OCH3 is 1. The molecule has 2 aliphatic heterocycles. The highest BCUT2D eigenvalue weighted by Gasteiger charge is 2.42. The van der Waals surface area contributed by atoms with Crippen LogP contribution in [0.3, 0.4) is 0 Å². The lowest BCUT2D eigenvalue weighted by atomic mass is 9.84. The predicted molar refractivity (Wildman–Crippen MR) is 104 cm³/mol. The highest BCUT2D eigenvalue weighted by atomic mass is 16.5. The lowest BCUT2D eigenvalue weighted by Gasteiger charge is -2.51. The molecule has 27 heavy (non-hydrogen) atoms. The molecule has 0 radical (unpaired) electrons. The van der Waals surface area contributed by atoms with E-state index < -0.39 is 0 Å². The van der Waals surface area contributed by atoms with Gasteiger partial charge in [-0.05, 0) is 69.4 Å². The molecule has 4 rings (SSSR count). The van der Waals surface area contributed by atoms with E-state index in [1.807, 2.05) is 35.2 Å². The van der Waals surface area contributed by atoms with Gasteiger partial charge in [0.1, 0.15) is 11.5 Å². The minimum Gasteiger partial charge on any atom is -0.497 e. The average Bonchev–Trinajstić information content (AvgIpc) is 3.21. The van der Waals surface area contributed by atoms with Gasteiger partial charge in [-0.15, -0.1) is 0 Å². The molecule has 1 aromatic heterocycles. The van der Waals surface area contributed by atoms with Crippen LogP contribution in [-0.2, 0) is 0 Å². The predicted octanol–water partition coefficient (Wildman–Crippen LogP) is 2.47. The number of carbonyl (C=O) groups excluding carboxylic acids is 1. The summed E-state index contributed by atoms with van der Waals surface area (Å²) in [6.07, 6.45) is 2.14. The number of rotatable bonds is 3. The molecule has 1 N–H and O–H groups in total. The van der Waals surface area contributed by atoms with Crippen molar-refractivity contribution < 1.29 is 13.9 Å². The number of nitrogens with one attached hydrogen (secondary N) is 1. The topological polar surface area (TPSA) is 58.0 Å². The Hall–Kier alpha value is -2.31. The first-order valence-corrected chi connectivity index (χ1v) is 9.57. The average molecular weight is 369 g/mol. The number of hydrogen-bond acceptors (Lipinski definition) is 5. The fourth-order valence-electron chi connectivity index (χ4n) is 4.19. The lowest BCUT2D eigenvalue weighted by Crippen LogP contribution is -2.64. The van der Waals surface area contributed by atoms with Gasteiger partial charge in [0.15, 0.2) is 5.76 Å². The molecule has 0 aliphatic carbocycles. The number of furan rings is 1. The van der Waals surface area contributed by atoms with Gasteiger partial charge in [0, 0.05) is 30.7 Å². The van der Waals surface area contributed by atoms with Crippen LogP contribution in [0.2, 0.25) is 0 Å². The van der Waals surface area contributed by atoms with E-state index in [0.717, 1.165) is 56.9 Å². The number of benzene rings is 1. The molecular weight excluding hydrogens is 342 g/mol. The van der Waals surface area contributed by atoms with Crippen molar-refractivity contribution in [3.05, 3.63) is 42.2 Å².